The molecule has 1 aromatic heterocycles. The van der Waals surface area contributed by atoms with E-state index in [1.54, 1.807) is 6.92 Å². The minimum absolute atomic E-state index is 0.0988. The van der Waals surface area contributed by atoms with Gasteiger partial charge in [-0.15, -0.1) is 0 Å². The molecule has 4 nitrogen and oxygen atoms in total. The van der Waals surface area contributed by atoms with E-state index >= 15 is 0 Å². The van der Waals surface area contributed by atoms with Gasteiger partial charge in [-0.2, -0.15) is 0 Å². The van der Waals surface area contributed by atoms with Crippen LogP contribution in [0.2, 0.25) is 0 Å². The van der Waals surface area contributed by atoms with Crippen LogP contribution in [0, 0.1) is 5.82 Å². The van der Waals surface area contributed by atoms with Gasteiger partial charge in [0.2, 0.25) is 0 Å². The Balaban J connectivity index is 2.13. The number of esters is 1. The topological polar surface area (TPSA) is 51.2 Å². The molecule has 0 atom stereocenters. The van der Waals surface area contributed by atoms with Gasteiger partial charge < -0.3 is 10.1 Å². The van der Waals surface area contributed by atoms with Gasteiger partial charge in [0.25, 0.3) is 0 Å². The van der Waals surface area contributed by atoms with Gasteiger partial charge in [-0.3, -0.25) is 0 Å². The van der Waals surface area contributed by atoms with E-state index in [0.717, 1.165) is 17.8 Å². The Morgan fingerprint density at radius 3 is 2.50 bits per heavy atom. The second-order valence-corrected chi connectivity index (χ2v) is 6.57. The van der Waals surface area contributed by atoms with Crippen LogP contribution in [0.3, 0.4) is 0 Å². The molecule has 2 rings (SSSR count). The molecule has 0 radical (unpaired) electrons. The van der Waals surface area contributed by atoms with Crippen molar-refractivity contribution in [3.63, 3.8) is 0 Å². The highest BCUT2D eigenvalue weighted by Gasteiger charge is 2.16. The van der Waals surface area contributed by atoms with Crippen LogP contribution in [0.5, 0.6) is 0 Å². The fraction of sp³-hybridized carbons (Fsp3) is 0.368. The predicted molar refractivity (Wildman–Crippen MR) is 92.6 cm³/mol. The van der Waals surface area contributed by atoms with Gasteiger partial charge in [-0.05, 0) is 29.5 Å². The fourth-order valence-electron chi connectivity index (χ4n) is 2.25. The highest BCUT2D eigenvalue weighted by Crippen LogP contribution is 2.22. The minimum Gasteiger partial charge on any atom is -0.462 e. The van der Waals surface area contributed by atoms with Crippen molar-refractivity contribution in [3.05, 3.63) is 59.0 Å². The fourth-order valence-corrected chi connectivity index (χ4v) is 2.25. The Morgan fingerprint density at radius 2 is 1.92 bits per heavy atom. The van der Waals surface area contributed by atoms with E-state index in [9.17, 15) is 9.18 Å². The second kappa shape index (κ2) is 7.43. The van der Waals surface area contributed by atoms with E-state index in [1.165, 1.54) is 5.56 Å². The molecule has 0 fully saturated rings. The monoisotopic (exact) mass is 330 g/mol. The number of benzene rings is 1. The van der Waals surface area contributed by atoms with E-state index in [-0.39, 0.29) is 17.6 Å². The van der Waals surface area contributed by atoms with Crippen LogP contribution >= 0.6 is 0 Å². The van der Waals surface area contributed by atoms with Gasteiger partial charge >= 0.3 is 5.97 Å². The molecule has 2 aromatic rings. The van der Waals surface area contributed by atoms with E-state index in [1.807, 2.05) is 12.1 Å². The number of nitrogens with one attached hydrogen (secondary N) is 1. The number of nitrogens with zero attached hydrogens (tertiary/aromatic N) is 1. The quantitative estimate of drug-likeness (QED) is 0.830. The first-order valence-corrected chi connectivity index (χ1v) is 7.97. The van der Waals surface area contributed by atoms with Crippen LogP contribution in [0.4, 0.5) is 10.2 Å². The average Bonchev–Trinajstić information content (AvgIpc) is 2.53. The smallest absolute Gasteiger partial charge is 0.342 e. The number of halogens is 1. The van der Waals surface area contributed by atoms with Crippen LogP contribution < -0.4 is 5.32 Å². The molecular weight excluding hydrogens is 307 g/mol. The SMILES string of the molecule is CCOC(=O)c1cc(F)cnc1NCc1ccc(C(C)(C)C)cc1. The number of hydrogen-bond donors (Lipinski definition) is 1. The van der Waals surface area contributed by atoms with Crippen molar-refractivity contribution in [2.45, 2.75) is 39.7 Å². The van der Waals surface area contributed by atoms with Crippen LogP contribution in [0.15, 0.2) is 36.5 Å². The second-order valence-electron chi connectivity index (χ2n) is 6.57. The molecular formula is C19H23FN2O2. The van der Waals surface area contributed by atoms with Crippen molar-refractivity contribution in [1.29, 1.82) is 0 Å². The summed E-state index contributed by atoms with van der Waals surface area (Å²) in [6.07, 6.45) is 1.08. The molecule has 1 heterocycles. The molecule has 128 valence electrons. The Bertz CT molecular complexity index is 706. The number of hydrogen-bond acceptors (Lipinski definition) is 4. The largest absolute Gasteiger partial charge is 0.462 e. The normalized spacial score (nSPS) is 11.2. The van der Waals surface area contributed by atoms with Crippen molar-refractivity contribution < 1.29 is 13.9 Å². The average molecular weight is 330 g/mol. The van der Waals surface area contributed by atoms with E-state index in [4.69, 9.17) is 4.74 Å². The number of carbonyl (C=O) groups excluding carboxylic acids is 1. The molecule has 5 heteroatoms. The standard InChI is InChI=1S/C19H23FN2O2/c1-5-24-18(23)16-10-15(20)12-22-17(16)21-11-13-6-8-14(9-7-13)19(2,3)4/h6-10,12H,5,11H2,1-4H3,(H,21,22). The van der Waals surface area contributed by atoms with Crippen LogP contribution in [0.25, 0.3) is 0 Å². The first-order chi connectivity index (χ1) is 11.3. The number of rotatable bonds is 5. The summed E-state index contributed by atoms with van der Waals surface area (Å²) < 4.78 is 18.3. The Hall–Kier alpha value is -2.43. The Labute approximate surface area is 142 Å². The summed E-state index contributed by atoms with van der Waals surface area (Å²) in [4.78, 5) is 15.9. The third-order valence-electron chi connectivity index (χ3n) is 3.63. The maximum Gasteiger partial charge on any atom is 0.342 e. The van der Waals surface area contributed by atoms with Gasteiger partial charge in [0.15, 0.2) is 0 Å². The molecule has 1 N–H and O–H groups in total. The third-order valence-corrected chi connectivity index (χ3v) is 3.63. The van der Waals surface area contributed by atoms with Crippen molar-refractivity contribution in [2.75, 3.05) is 11.9 Å². The molecule has 1 aromatic carbocycles. The zero-order valence-electron chi connectivity index (χ0n) is 14.5. The Morgan fingerprint density at radius 1 is 1.25 bits per heavy atom. The lowest BCUT2D eigenvalue weighted by molar-refractivity contribution is 0.0526. The lowest BCUT2D eigenvalue weighted by atomic mass is 9.87. The van der Waals surface area contributed by atoms with Gasteiger partial charge in [-0.1, -0.05) is 45.0 Å². The molecule has 0 aliphatic rings. The van der Waals surface area contributed by atoms with Crippen LogP contribution in [-0.4, -0.2) is 17.6 Å². The number of carbonyl (C=O) groups is 1. The zero-order valence-corrected chi connectivity index (χ0v) is 14.5. The molecule has 0 spiro atoms. The van der Waals surface area contributed by atoms with Crippen LogP contribution in [-0.2, 0) is 16.7 Å². The predicted octanol–water partition coefficient (Wildman–Crippen LogP) is 4.31. The van der Waals surface area contributed by atoms with E-state index < -0.39 is 11.8 Å². The molecule has 0 aliphatic carbocycles. The summed E-state index contributed by atoms with van der Waals surface area (Å²) in [5.74, 6) is -0.844. The zero-order chi connectivity index (χ0) is 17.7. The summed E-state index contributed by atoms with van der Waals surface area (Å²) in [7, 11) is 0. The number of pyridine rings is 1. The van der Waals surface area contributed by atoms with Crippen molar-refractivity contribution in [1.82, 2.24) is 4.98 Å². The molecule has 0 saturated carbocycles. The van der Waals surface area contributed by atoms with Crippen molar-refractivity contribution in [2.24, 2.45) is 0 Å². The summed E-state index contributed by atoms with van der Waals surface area (Å²) in [6.45, 7) is 8.89. The van der Waals surface area contributed by atoms with E-state index in [2.05, 4.69) is 43.2 Å². The highest BCUT2D eigenvalue weighted by molar-refractivity contribution is 5.94. The minimum atomic E-state index is -0.588. The molecule has 24 heavy (non-hydrogen) atoms. The maximum atomic E-state index is 13.4. The summed E-state index contributed by atoms with van der Waals surface area (Å²) in [5.41, 5.74) is 2.49. The van der Waals surface area contributed by atoms with Gasteiger partial charge in [0.05, 0.1) is 12.8 Å². The lowest BCUT2D eigenvalue weighted by Gasteiger charge is -2.19. The first-order valence-electron chi connectivity index (χ1n) is 7.97. The number of anilines is 1. The maximum absolute atomic E-state index is 13.4. The van der Waals surface area contributed by atoms with Crippen LogP contribution in [0.1, 0.15) is 49.2 Å². The Kier molecular flexibility index (Phi) is 5.54. The van der Waals surface area contributed by atoms with E-state index in [0.29, 0.717) is 12.4 Å². The molecule has 0 aliphatic heterocycles. The summed E-state index contributed by atoms with van der Waals surface area (Å²) in [6, 6.07) is 9.36. The molecule has 0 unspecified atom stereocenters. The lowest BCUT2D eigenvalue weighted by Crippen LogP contribution is -2.13. The van der Waals surface area contributed by atoms with Gasteiger partial charge in [-0.25, -0.2) is 14.2 Å². The van der Waals surface area contributed by atoms with Gasteiger partial charge in [0.1, 0.15) is 17.2 Å². The summed E-state index contributed by atoms with van der Waals surface area (Å²) in [5, 5.41) is 3.08. The van der Waals surface area contributed by atoms with Gasteiger partial charge in [0, 0.05) is 6.54 Å². The molecule has 0 bridgehead atoms. The third kappa shape index (κ3) is 4.54. The summed E-state index contributed by atoms with van der Waals surface area (Å²) >= 11 is 0. The molecule has 0 amide bonds. The number of aromatic nitrogens is 1. The number of ether oxygens (including phenoxy) is 1. The van der Waals surface area contributed by atoms with Crippen molar-refractivity contribution >= 4 is 11.8 Å². The van der Waals surface area contributed by atoms with Crippen molar-refractivity contribution in [3.8, 4) is 0 Å². The highest BCUT2D eigenvalue weighted by atomic mass is 19.1. The first kappa shape index (κ1) is 17.9. The molecule has 0 saturated heterocycles.